The molecule has 0 amide bonds. The lowest BCUT2D eigenvalue weighted by Gasteiger charge is -2.11. The van der Waals surface area contributed by atoms with Gasteiger partial charge < -0.3 is 5.11 Å². The molecule has 1 rings (SSSR count). The van der Waals surface area contributed by atoms with E-state index < -0.39 is 22.0 Å². The van der Waals surface area contributed by atoms with E-state index in [1.54, 1.807) is 12.3 Å². The Balaban J connectivity index is 3.04. The third kappa shape index (κ3) is 3.50. The highest BCUT2D eigenvalue weighted by Gasteiger charge is 2.27. The van der Waals surface area contributed by atoms with Crippen molar-refractivity contribution >= 4 is 59.2 Å². The zero-order chi connectivity index (χ0) is 13.2. The van der Waals surface area contributed by atoms with Gasteiger partial charge in [0.1, 0.15) is 10.3 Å². The van der Waals surface area contributed by atoms with Crippen LogP contribution in [0.1, 0.15) is 13.3 Å². The molecule has 0 aromatic carbocycles. The molecule has 0 saturated carbocycles. The van der Waals surface area contributed by atoms with Crippen molar-refractivity contribution in [2.75, 3.05) is 0 Å². The van der Waals surface area contributed by atoms with Crippen LogP contribution >= 0.6 is 43.2 Å². The maximum Gasteiger partial charge on any atom is 0.321 e. The van der Waals surface area contributed by atoms with Gasteiger partial charge >= 0.3 is 5.97 Å². The van der Waals surface area contributed by atoms with Gasteiger partial charge in [0.05, 0.1) is 4.47 Å². The molecule has 0 fully saturated rings. The number of carboxylic acid groups (broad SMARTS) is 1. The molecule has 2 N–H and O–H groups in total. The quantitative estimate of drug-likeness (QED) is 0.786. The second-order valence-electron chi connectivity index (χ2n) is 3.11. The van der Waals surface area contributed by atoms with Gasteiger partial charge in [-0.05, 0) is 38.3 Å². The zero-order valence-electron chi connectivity index (χ0n) is 8.61. The summed E-state index contributed by atoms with van der Waals surface area (Å²) in [5.74, 6) is -1.19. The molecule has 1 unspecified atom stereocenters. The molecule has 9 heteroatoms. The Kier molecular flexibility index (Phi) is 5.14. The number of carbonyl (C=O) groups is 1. The van der Waals surface area contributed by atoms with Gasteiger partial charge in [-0.15, -0.1) is 11.3 Å². The molecule has 17 heavy (non-hydrogen) atoms. The van der Waals surface area contributed by atoms with Crippen LogP contribution in [0.3, 0.4) is 0 Å². The van der Waals surface area contributed by atoms with Crippen LogP contribution in [-0.4, -0.2) is 25.5 Å². The maximum absolute atomic E-state index is 11.9. The van der Waals surface area contributed by atoms with Crippen LogP contribution < -0.4 is 4.72 Å². The number of halogens is 2. The van der Waals surface area contributed by atoms with Crippen molar-refractivity contribution in [2.24, 2.45) is 0 Å². The lowest BCUT2D eigenvalue weighted by atomic mass is 10.2. The minimum Gasteiger partial charge on any atom is -0.480 e. The first kappa shape index (κ1) is 15.1. The van der Waals surface area contributed by atoms with E-state index in [-0.39, 0.29) is 10.6 Å². The molecule has 1 aromatic heterocycles. The second kappa shape index (κ2) is 5.79. The highest BCUT2D eigenvalue weighted by Crippen LogP contribution is 2.35. The number of sulfonamides is 1. The summed E-state index contributed by atoms with van der Waals surface area (Å²) in [7, 11) is -3.82. The fraction of sp³-hybridized carbons (Fsp3) is 0.375. The van der Waals surface area contributed by atoms with E-state index in [0.29, 0.717) is 8.95 Å². The van der Waals surface area contributed by atoms with Gasteiger partial charge in [-0.1, -0.05) is 6.92 Å². The van der Waals surface area contributed by atoms with Crippen molar-refractivity contribution < 1.29 is 18.3 Å². The SMILES string of the molecule is CCC(NS(=O)(=O)c1scc(Br)c1Br)C(=O)O. The molecular formula is C8H9Br2NO4S2. The van der Waals surface area contributed by atoms with Gasteiger partial charge in [0.2, 0.25) is 0 Å². The van der Waals surface area contributed by atoms with Crippen molar-refractivity contribution in [3.05, 3.63) is 14.3 Å². The Bertz CT molecular complexity index is 526. The lowest BCUT2D eigenvalue weighted by Crippen LogP contribution is -2.39. The molecule has 0 aliphatic rings. The highest BCUT2D eigenvalue weighted by molar-refractivity contribution is 9.13. The number of carboxylic acids is 1. The van der Waals surface area contributed by atoms with Crippen molar-refractivity contribution in [2.45, 2.75) is 23.6 Å². The van der Waals surface area contributed by atoms with Crippen LogP contribution in [0.25, 0.3) is 0 Å². The first-order valence-electron chi connectivity index (χ1n) is 4.47. The van der Waals surface area contributed by atoms with E-state index in [1.165, 1.54) is 0 Å². The molecule has 1 atom stereocenters. The first-order chi connectivity index (χ1) is 7.79. The monoisotopic (exact) mass is 405 g/mol. The van der Waals surface area contributed by atoms with Crippen molar-refractivity contribution in [1.82, 2.24) is 4.72 Å². The van der Waals surface area contributed by atoms with Crippen LogP contribution in [0.15, 0.2) is 18.5 Å². The Hall–Kier alpha value is 0.0400. The molecule has 0 spiro atoms. The van der Waals surface area contributed by atoms with E-state index in [4.69, 9.17) is 5.11 Å². The number of aliphatic carboxylic acids is 1. The van der Waals surface area contributed by atoms with E-state index in [1.807, 2.05) is 0 Å². The second-order valence-corrected chi connectivity index (χ2v) is 7.54. The van der Waals surface area contributed by atoms with E-state index in [0.717, 1.165) is 11.3 Å². The fourth-order valence-electron chi connectivity index (χ4n) is 1.04. The number of nitrogens with one attached hydrogen (secondary N) is 1. The smallest absolute Gasteiger partial charge is 0.321 e. The summed E-state index contributed by atoms with van der Waals surface area (Å²) in [6.45, 7) is 1.60. The van der Waals surface area contributed by atoms with Crippen LogP contribution in [0, 0.1) is 0 Å². The van der Waals surface area contributed by atoms with Gasteiger partial charge in [0.15, 0.2) is 0 Å². The van der Waals surface area contributed by atoms with Gasteiger partial charge in [-0.3, -0.25) is 4.79 Å². The molecule has 0 radical (unpaired) electrons. The fourth-order valence-corrected chi connectivity index (χ4v) is 5.40. The minimum absolute atomic E-state index is 0.0593. The van der Waals surface area contributed by atoms with Gasteiger partial charge in [0, 0.05) is 9.85 Å². The van der Waals surface area contributed by atoms with E-state index in [2.05, 4.69) is 36.6 Å². The summed E-state index contributed by atoms with van der Waals surface area (Å²) >= 11 is 7.32. The molecule has 1 heterocycles. The largest absolute Gasteiger partial charge is 0.480 e. The first-order valence-corrected chi connectivity index (χ1v) is 8.42. The molecular weight excluding hydrogens is 398 g/mol. The van der Waals surface area contributed by atoms with Crippen LogP contribution in [0.5, 0.6) is 0 Å². The Morgan fingerprint density at radius 1 is 1.59 bits per heavy atom. The average Bonchev–Trinajstić information content (AvgIpc) is 2.56. The number of hydrogen-bond donors (Lipinski definition) is 2. The Morgan fingerprint density at radius 2 is 2.18 bits per heavy atom. The maximum atomic E-state index is 11.9. The topological polar surface area (TPSA) is 83.5 Å². The lowest BCUT2D eigenvalue weighted by molar-refractivity contribution is -0.139. The predicted molar refractivity (Wildman–Crippen MR) is 71.8 cm³/mol. The molecule has 0 saturated heterocycles. The molecule has 0 aliphatic carbocycles. The summed E-state index contributed by atoms with van der Waals surface area (Å²) < 4.78 is 27.1. The van der Waals surface area contributed by atoms with Crippen LogP contribution in [-0.2, 0) is 14.8 Å². The van der Waals surface area contributed by atoms with Crippen molar-refractivity contribution in [3.63, 3.8) is 0 Å². The molecule has 96 valence electrons. The van der Waals surface area contributed by atoms with Crippen LogP contribution in [0.2, 0.25) is 0 Å². The summed E-state index contributed by atoms with van der Waals surface area (Å²) in [5, 5.41) is 10.4. The molecule has 0 bridgehead atoms. The van der Waals surface area contributed by atoms with Gasteiger partial charge in [-0.25, -0.2) is 8.42 Å². The van der Waals surface area contributed by atoms with Crippen molar-refractivity contribution in [1.29, 1.82) is 0 Å². The molecule has 5 nitrogen and oxygen atoms in total. The van der Waals surface area contributed by atoms with E-state index in [9.17, 15) is 13.2 Å². The molecule has 1 aromatic rings. The summed E-state index contributed by atoms with van der Waals surface area (Å²) in [6.07, 6.45) is 0.179. The summed E-state index contributed by atoms with van der Waals surface area (Å²) in [6, 6.07) is -1.12. The Morgan fingerprint density at radius 3 is 2.53 bits per heavy atom. The third-order valence-corrected chi connectivity index (χ3v) is 7.72. The van der Waals surface area contributed by atoms with Crippen LogP contribution in [0.4, 0.5) is 0 Å². The third-order valence-electron chi connectivity index (χ3n) is 1.91. The predicted octanol–water partition coefficient (Wildman–Crippen LogP) is 2.41. The summed E-state index contributed by atoms with van der Waals surface area (Å²) in [4.78, 5) is 10.8. The Labute approximate surface area is 120 Å². The minimum atomic E-state index is -3.82. The molecule has 0 aliphatic heterocycles. The van der Waals surface area contributed by atoms with Gasteiger partial charge in [-0.2, -0.15) is 4.72 Å². The zero-order valence-corrected chi connectivity index (χ0v) is 13.4. The van der Waals surface area contributed by atoms with Gasteiger partial charge in [0.25, 0.3) is 10.0 Å². The average molecular weight is 407 g/mol. The van der Waals surface area contributed by atoms with Crippen molar-refractivity contribution in [3.8, 4) is 0 Å². The highest BCUT2D eigenvalue weighted by atomic mass is 79.9. The standard InChI is InChI=1S/C8H9Br2NO4S2/c1-2-5(7(12)13)11-17(14,15)8-6(10)4(9)3-16-8/h3,5,11H,2H2,1H3,(H,12,13). The number of rotatable bonds is 5. The van der Waals surface area contributed by atoms with E-state index >= 15 is 0 Å². The summed E-state index contributed by atoms with van der Waals surface area (Å²) in [5.41, 5.74) is 0. The normalized spacial score (nSPS) is 13.6. The number of hydrogen-bond acceptors (Lipinski definition) is 4. The number of thiophene rings is 1.